The standard InChI is InChI=1S/C44H84N4O7/c1-5-7-9-11-13-15-17-19-20-21-22-24-26-28-30-32-38(50)48(33-31-29-27-25-23-18-16-14-12-10-8-6-2)44-39(41(52)40(51)37(34-49)55-44)47-43(54)36(4)46-42(53)35(3)45/h19-20,35-37,39-41,44,49,51-52H,5-18,21-34,45H2,1-4H3,(H,46,53)(H,47,54)/b20-19-/t35-,36-,37+,39+,40+,41+,44+/m0/s1. The number of ether oxygens (including phenoxy) is 1. The fourth-order valence-electron chi connectivity index (χ4n) is 7.23. The second-order valence-corrected chi connectivity index (χ2v) is 16.1. The molecule has 1 fully saturated rings. The van der Waals surface area contributed by atoms with E-state index in [1.165, 1.54) is 104 Å². The molecule has 0 saturated carbocycles. The van der Waals surface area contributed by atoms with Crippen LogP contribution in [0.5, 0.6) is 0 Å². The molecule has 0 bridgehead atoms. The Morgan fingerprint density at radius 1 is 0.673 bits per heavy atom. The van der Waals surface area contributed by atoms with Gasteiger partial charge in [0.25, 0.3) is 0 Å². The minimum absolute atomic E-state index is 0.150. The number of amides is 3. The van der Waals surface area contributed by atoms with Crippen LogP contribution in [0.3, 0.4) is 0 Å². The second-order valence-electron chi connectivity index (χ2n) is 16.1. The Morgan fingerprint density at radius 2 is 1.13 bits per heavy atom. The molecule has 55 heavy (non-hydrogen) atoms. The monoisotopic (exact) mass is 781 g/mol. The van der Waals surface area contributed by atoms with Gasteiger partial charge in [-0.15, -0.1) is 0 Å². The molecule has 1 saturated heterocycles. The molecule has 7 atom stereocenters. The van der Waals surface area contributed by atoms with Gasteiger partial charge in [-0.1, -0.05) is 148 Å². The Balaban J connectivity index is 2.79. The molecule has 11 heteroatoms. The molecule has 0 radical (unpaired) electrons. The minimum atomic E-state index is -1.52. The third-order valence-corrected chi connectivity index (χ3v) is 10.9. The fourth-order valence-corrected chi connectivity index (χ4v) is 7.23. The molecule has 1 rings (SSSR count). The lowest BCUT2D eigenvalue weighted by atomic mass is 9.94. The van der Waals surface area contributed by atoms with Crippen molar-refractivity contribution in [3.63, 3.8) is 0 Å². The average molecular weight is 781 g/mol. The SMILES string of the molecule is CCCCCCCC/C=C\CCCCCCCC(=O)N(CCCCCCCCCCCCCC)[C@@H]1O[C@H](CO)[C@@H](O)[C@H](O)[C@H]1NC(=O)[C@H](C)NC(=O)[C@H](C)N. The van der Waals surface area contributed by atoms with Crippen LogP contribution in [0.1, 0.15) is 195 Å². The summed E-state index contributed by atoms with van der Waals surface area (Å²) < 4.78 is 6.12. The average Bonchev–Trinajstić information content (AvgIpc) is 3.17. The number of carbonyl (C=O) groups is 3. The molecule has 1 aliphatic heterocycles. The highest BCUT2D eigenvalue weighted by Gasteiger charge is 2.48. The highest BCUT2D eigenvalue weighted by molar-refractivity contribution is 5.89. The van der Waals surface area contributed by atoms with Crippen molar-refractivity contribution in [3.8, 4) is 0 Å². The van der Waals surface area contributed by atoms with Gasteiger partial charge < -0.3 is 41.3 Å². The number of nitrogens with zero attached hydrogens (tertiary/aromatic N) is 1. The van der Waals surface area contributed by atoms with Gasteiger partial charge in [0, 0.05) is 13.0 Å². The third kappa shape index (κ3) is 23.1. The molecule has 322 valence electrons. The van der Waals surface area contributed by atoms with Gasteiger partial charge in [-0.25, -0.2) is 0 Å². The van der Waals surface area contributed by atoms with E-state index in [9.17, 15) is 29.7 Å². The molecular weight excluding hydrogens is 697 g/mol. The fraction of sp³-hybridized carbons (Fsp3) is 0.886. The summed E-state index contributed by atoms with van der Waals surface area (Å²) in [6, 6.07) is -3.00. The number of nitrogens with two attached hydrogens (primary N) is 1. The van der Waals surface area contributed by atoms with Crippen molar-refractivity contribution in [3.05, 3.63) is 12.2 Å². The first-order chi connectivity index (χ1) is 26.6. The highest BCUT2D eigenvalue weighted by Crippen LogP contribution is 2.26. The number of aliphatic hydroxyl groups is 3. The van der Waals surface area contributed by atoms with Crippen molar-refractivity contribution in [1.29, 1.82) is 0 Å². The van der Waals surface area contributed by atoms with Crippen LogP contribution in [-0.2, 0) is 19.1 Å². The molecule has 1 heterocycles. The number of allylic oxidation sites excluding steroid dienone is 2. The van der Waals surface area contributed by atoms with Gasteiger partial charge in [0.15, 0.2) is 6.23 Å². The van der Waals surface area contributed by atoms with E-state index in [1.807, 2.05) is 0 Å². The minimum Gasteiger partial charge on any atom is -0.394 e. The molecule has 0 aromatic heterocycles. The Morgan fingerprint density at radius 3 is 1.60 bits per heavy atom. The number of carbonyl (C=O) groups excluding carboxylic acids is 3. The van der Waals surface area contributed by atoms with Crippen molar-refractivity contribution in [2.45, 2.75) is 237 Å². The van der Waals surface area contributed by atoms with Gasteiger partial charge in [-0.3, -0.25) is 14.4 Å². The van der Waals surface area contributed by atoms with Gasteiger partial charge in [0.05, 0.1) is 12.6 Å². The van der Waals surface area contributed by atoms with Crippen LogP contribution in [0, 0.1) is 0 Å². The number of hydrogen-bond acceptors (Lipinski definition) is 8. The number of rotatable bonds is 34. The first kappa shape index (κ1) is 51.0. The number of nitrogens with one attached hydrogen (secondary N) is 2. The molecule has 0 unspecified atom stereocenters. The van der Waals surface area contributed by atoms with Crippen LogP contribution in [0.25, 0.3) is 0 Å². The van der Waals surface area contributed by atoms with E-state index in [2.05, 4.69) is 36.6 Å². The van der Waals surface area contributed by atoms with Gasteiger partial charge in [0.1, 0.15) is 30.4 Å². The lowest BCUT2D eigenvalue weighted by Gasteiger charge is -2.47. The molecule has 3 amide bonds. The highest BCUT2D eigenvalue weighted by atomic mass is 16.5. The maximum Gasteiger partial charge on any atom is 0.242 e. The van der Waals surface area contributed by atoms with Crippen LogP contribution < -0.4 is 16.4 Å². The van der Waals surface area contributed by atoms with Crippen molar-refractivity contribution in [2.24, 2.45) is 5.73 Å². The zero-order valence-corrected chi connectivity index (χ0v) is 35.5. The van der Waals surface area contributed by atoms with Crippen LogP contribution in [-0.4, -0.2) is 93.8 Å². The van der Waals surface area contributed by atoms with E-state index in [-0.39, 0.29) is 5.91 Å². The van der Waals surface area contributed by atoms with Crippen LogP contribution in [0.2, 0.25) is 0 Å². The second kappa shape index (κ2) is 33.0. The summed E-state index contributed by atoms with van der Waals surface area (Å²) >= 11 is 0. The maximum absolute atomic E-state index is 13.9. The Labute approximate surface area is 335 Å². The summed E-state index contributed by atoms with van der Waals surface area (Å²) in [4.78, 5) is 40.9. The smallest absolute Gasteiger partial charge is 0.242 e. The van der Waals surface area contributed by atoms with Crippen LogP contribution in [0.15, 0.2) is 12.2 Å². The molecule has 0 aliphatic carbocycles. The number of aliphatic hydroxyl groups excluding tert-OH is 3. The van der Waals surface area contributed by atoms with E-state index in [1.54, 1.807) is 4.90 Å². The number of hydrogen-bond donors (Lipinski definition) is 6. The molecule has 0 aromatic rings. The molecule has 0 aromatic carbocycles. The van der Waals surface area contributed by atoms with E-state index in [4.69, 9.17) is 10.5 Å². The maximum atomic E-state index is 13.9. The van der Waals surface area contributed by atoms with Crippen molar-refractivity contribution >= 4 is 17.7 Å². The summed E-state index contributed by atoms with van der Waals surface area (Å²) in [6.45, 7) is 7.28. The van der Waals surface area contributed by atoms with Crippen molar-refractivity contribution in [1.82, 2.24) is 15.5 Å². The lowest BCUT2D eigenvalue weighted by molar-refractivity contribution is -0.231. The van der Waals surface area contributed by atoms with Gasteiger partial charge >= 0.3 is 0 Å². The van der Waals surface area contributed by atoms with E-state index in [0.717, 1.165) is 64.2 Å². The molecule has 11 nitrogen and oxygen atoms in total. The first-order valence-corrected chi connectivity index (χ1v) is 22.5. The Kier molecular flexibility index (Phi) is 30.6. The lowest BCUT2D eigenvalue weighted by Crippen LogP contribution is -2.69. The summed E-state index contributed by atoms with van der Waals surface area (Å²) in [5.74, 6) is -1.27. The number of unbranched alkanes of at least 4 members (excludes halogenated alkanes) is 22. The summed E-state index contributed by atoms with van der Waals surface area (Å²) in [5, 5.41) is 37.3. The molecular formula is C44H84N4O7. The predicted molar refractivity (Wildman–Crippen MR) is 223 cm³/mol. The zero-order chi connectivity index (χ0) is 40.7. The van der Waals surface area contributed by atoms with E-state index >= 15 is 0 Å². The van der Waals surface area contributed by atoms with Crippen LogP contribution in [0.4, 0.5) is 0 Å². The summed E-state index contributed by atoms with van der Waals surface area (Å²) in [5.41, 5.74) is 5.66. The molecule has 7 N–H and O–H groups in total. The van der Waals surface area contributed by atoms with Crippen LogP contribution >= 0.6 is 0 Å². The first-order valence-electron chi connectivity index (χ1n) is 22.5. The van der Waals surface area contributed by atoms with Gasteiger partial charge in [0.2, 0.25) is 17.7 Å². The summed E-state index contributed by atoms with van der Waals surface area (Å²) in [7, 11) is 0. The Bertz CT molecular complexity index is 1010. The quantitative estimate of drug-likeness (QED) is 0.0291. The van der Waals surface area contributed by atoms with E-state index < -0.39 is 61.1 Å². The third-order valence-electron chi connectivity index (χ3n) is 10.9. The van der Waals surface area contributed by atoms with Gasteiger partial charge in [-0.05, 0) is 52.4 Å². The van der Waals surface area contributed by atoms with Gasteiger partial charge in [-0.2, -0.15) is 0 Å². The summed E-state index contributed by atoms with van der Waals surface area (Å²) in [6.07, 6.45) is 28.8. The molecule has 1 aliphatic rings. The normalized spacial score (nSPS) is 21.1. The molecule has 0 spiro atoms. The topological polar surface area (TPSA) is 174 Å². The Hall–Kier alpha value is -2.05. The van der Waals surface area contributed by atoms with E-state index in [0.29, 0.717) is 19.4 Å². The van der Waals surface area contributed by atoms with Crippen molar-refractivity contribution < 1.29 is 34.4 Å². The largest absolute Gasteiger partial charge is 0.394 e. The zero-order valence-electron chi connectivity index (χ0n) is 35.5. The van der Waals surface area contributed by atoms with Crippen molar-refractivity contribution in [2.75, 3.05) is 13.2 Å². The predicted octanol–water partition coefficient (Wildman–Crippen LogP) is 7.33.